The number of carbonyl (C=O) groups excluding carboxylic acids is 1. The highest BCUT2D eigenvalue weighted by atomic mass is 32.2. The molecule has 0 aromatic heterocycles. The highest BCUT2D eigenvalue weighted by Gasteiger charge is 2.26. The molecular formula is C14H21NO3S. The standard InChI is InChI=1S/C14H21NO3S/c1-10(13(15)16)19(17,18)9-11-5-7-12(8-6-11)14(2,3)4/h5-8,10H,9H2,1-4H3,(H2,15,16). The van der Waals surface area contributed by atoms with Crippen molar-refractivity contribution >= 4 is 15.7 Å². The number of rotatable bonds is 4. The summed E-state index contributed by atoms with van der Waals surface area (Å²) in [6.45, 7) is 7.59. The molecule has 0 fully saturated rings. The lowest BCUT2D eigenvalue weighted by molar-refractivity contribution is -0.117. The third kappa shape index (κ3) is 4.06. The van der Waals surface area contributed by atoms with Crippen molar-refractivity contribution in [2.45, 2.75) is 44.1 Å². The number of nitrogens with two attached hydrogens (primary N) is 1. The van der Waals surface area contributed by atoms with Crippen molar-refractivity contribution < 1.29 is 13.2 Å². The van der Waals surface area contributed by atoms with Crippen LogP contribution in [0.25, 0.3) is 0 Å². The fraction of sp³-hybridized carbons (Fsp3) is 0.500. The molecule has 1 aromatic rings. The van der Waals surface area contributed by atoms with Gasteiger partial charge in [-0.25, -0.2) is 8.42 Å². The van der Waals surface area contributed by atoms with Crippen molar-refractivity contribution in [2.24, 2.45) is 5.73 Å². The number of primary amides is 1. The Balaban J connectivity index is 2.93. The average Bonchev–Trinajstić information content (AvgIpc) is 2.26. The third-order valence-corrected chi connectivity index (χ3v) is 5.17. The molecule has 106 valence electrons. The van der Waals surface area contributed by atoms with E-state index in [-0.39, 0.29) is 11.2 Å². The molecule has 0 heterocycles. The maximum atomic E-state index is 11.9. The molecule has 1 amide bonds. The number of sulfone groups is 1. The summed E-state index contributed by atoms with van der Waals surface area (Å²) in [7, 11) is -3.54. The first-order chi connectivity index (χ1) is 8.54. The van der Waals surface area contributed by atoms with E-state index in [9.17, 15) is 13.2 Å². The fourth-order valence-electron chi connectivity index (χ4n) is 1.64. The summed E-state index contributed by atoms with van der Waals surface area (Å²) in [6, 6.07) is 7.40. The van der Waals surface area contributed by atoms with E-state index < -0.39 is 21.0 Å². The topological polar surface area (TPSA) is 77.2 Å². The van der Waals surface area contributed by atoms with Crippen LogP contribution in [0, 0.1) is 0 Å². The number of carbonyl (C=O) groups is 1. The molecular weight excluding hydrogens is 262 g/mol. The van der Waals surface area contributed by atoms with Gasteiger partial charge in [0.25, 0.3) is 0 Å². The molecule has 0 radical (unpaired) electrons. The first-order valence-corrected chi connectivity index (χ1v) is 7.86. The SMILES string of the molecule is CC(C(N)=O)S(=O)(=O)Cc1ccc(C(C)(C)C)cc1. The molecule has 5 heteroatoms. The molecule has 1 atom stereocenters. The van der Waals surface area contributed by atoms with Gasteiger partial charge in [-0.15, -0.1) is 0 Å². The smallest absolute Gasteiger partial charge is 0.235 e. The zero-order valence-corrected chi connectivity index (χ0v) is 12.6. The second-order valence-electron chi connectivity index (χ2n) is 5.80. The zero-order chi connectivity index (χ0) is 14.8. The summed E-state index contributed by atoms with van der Waals surface area (Å²) in [5.41, 5.74) is 6.87. The Bertz CT molecular complexity index is 553. The second-order valence-corrected chi connectivity index (χ2v) is 8.12. The molecule has 19 heavy (non-hydrogen) atoms. The fourth-order valence-corrected chi connectivity index (χ4v) is 2.90. The van der Waals surface area contributed by atoms with Crippen molar-refractivity contribution in [2.75, 3.05) is 0 Å². The first kappa shape index (κ1) is 15.7. The zero-order valence-electron chi connectivity index (χ0n) is 11.8. The summed E-state index contributed by atoms with van der Waals surface area (Å²) in [4.78, 5) is 11.0. The average molecular weight is 283 g/mol. The monoisotopic (exact) mass is 283 g/mol. The van der Waals surface area contributed by atoms with Gasteiger partial charge in [0.05, 0.1) is 5.75 Å². The van der Waals surface area contributed by atoms with E-state index in [1.54, 1.807) is 12.1 Å². The number of benzene rings is 1. The van der Waals surface area contributed by atoms with Crippen LogP contribution in [0.3, 0.4) is 0 Å². The van der Waals surface area contributed by atoms with Gasteiger partial charge in [0, 0.05) is 0 Å². The predicted octanol–water partition coefficient (Wildman–Crippen LogP) is 1.77. The van der Waals surface area contributed by atoms with Crippen LogP contribution in [0.15, 0.2) is 24.3 Å². The molecule has 0 spiro atoms. The van der Waals surface area contributed by atoms with Crippen LogP contribution < -0.4 is 5.73 Å². The summed E-state index contributed by atoms with van der Waals surface area (Å²) < 4.78 is 23.8. The van der Waals surface area contributed by atoms with Gasteiger partial charge in [0.2, 0.25) is 5.91 Å². The summed E-state index contributed by atoms with van der Waals surface area (Å²) >= 11 is 0. The number of hydrogen-bond acceptors (Lipinski definition) is 3. The van der Waals surface area contributed by atoms with Crippen molar-refractivity contribution in [3.63, 3.8) is 0 Å². The van der Waals surface area contributed by atoms with Crippen LogP contribution in [0.1, 0.15) is 38.8 Å². The van der Waals surface area contributed by atoms with Crippen molar-refractivity contribution in [3.05, 3.63) is 35.4 Å². The van der Waals surface area contributed by atoms with Gasteiger partial charge in [-0.05, 0) is 23.5 Å². The van der Waals surface area contributed by atoms with Crippen LogP contribution in [-0.4, -0.2) is 19.6 Å². The lowest BCUT2D eigenvalue weighted by atomic mass is 9.87. The van der Waals surface area contributed by atoms with Gasteiger partial charge in [-0.3, -0.25) is 4.79 Å². The van der Waals surface area contributed by atoms with Gasteiger partial charge in [0.15, 0.2) is 9.84 Å². The van der Waals surface area contributed by atoms with Crippen LogP contribution in [0.4, 0.5) is 0 Å². The Kier molecular flexibility index (Phi) is 4.40. The van der Waals surface area contributed by atoms with Crippen molar-refractivity contribution in [1.29, 1.82) is 0 Å². The van der Waals surface area contributed by atoms with Gasteiger partial charge >= 0.3 is 0 Å². The Morgan fingerprint density at radius 3 is 2.05 bits per heavy atom. The summed E-state index contributed by atoms with van der Waals surface area (Å²) in [6.07, 6.45) is 0. The normalized spacial score (nSPS) is 14.1. The van der Waals surface area contributed by atoms with E-state index in [0.717, 1.165) is 5.56 Å². The van der Waals surface area contributed by atoms with Gasteiger partial charge in [0.1, 0.15) is 5.25 Å². The molecule has 0 bridgehead atoms. The van der Waals surface area contributed by atoms with Crippen molar-refractivity contribution in [3.8, 4) is 0 Å². The Morgan fingerprint density at radius 1 is 1.21 bits per heavy atom. The quantitative estimate of drug-likeness (QED) is 0.915. The number of amides is 1. The van der Waals surface area contributed by atoms with E-state index in [0.29, 0.717) is 5.56 Å². The Labute approximate surface area is 114 Å². The molecule has 0 saturated carbocycles. The van der Waals surface area contributed by atoms with Gasteiger partial charge in [-0.2, -0.15) is 0 Å². The summed E-state index contributed by atoms with van der Waals surface area (Å²) in [5, 5.41) is -1.16. The minimum Gasteiger partial charge on any atom is -0.369 e. The van der Waals surface area contributed by atoms with E-state index in [2.05, 4.69) is 20.8 Å². The Morgan fingerprint density at radius 2 is 1.68 bits per heavy atom. The largest absolute Gasteiger partial charge is 0.369 e. The van der Waals surface area contributed by atoms with Crippen LogP contribution in [0.2, 0.25) is 0 Å². The molecule has 1 unspecified atom stereocenters. The number of hydrogen-bond donors (Lipinski definition) is 1. The predicted molar refractivity (Wildman–Crippen MR) is 76.4 cm³/mol. The molecule has 0 aliphatic rings. The van der Waals surface area contributed by atoms with E-state index in [1.165, 1.54) is 6.92 Å². The van der Waals surface area contributed by atoms with E-state index in [4.69, 9.17) is 5.73 Å². The maximum Gasteiger partial charge on any atom is 0.235 e. The minimum absolute atomic E-state index is 0.0257. The van der Waals surface area contributed by atoms with E-state index >= 15 is 0 Å². The lowest BCUT2D eigenvalue weighted by Gasteiger charge is -2.19. The molecule has 1 rings (SSSR count). The van der Waals surface area contributed by atoms with Gasteiger partial charge in [-0.1, -0.05) is 45.0 Å². The highest BCUT2D eigenvalue weighted by molar-refractivity contribution is 7.92. The molecule has 0 aliphatic carbocycles. The molecule has 0 aliphatic heterocycles. The van der Waals surface area contributed by atoms with Crippen LogP contribution in [-0.2, 0) is 25.8 Å². The maximum absolute atomic E-state index is 11.9. The van der Waals surface area contributed by atoms with Crippen LogP contribution in [0.5, 0.6) is 0 Å². The Hall–Kier alpha value is -1.36. The lowest BCUT2D eigenvalue weighted by Crippen LogP contribution is -2.34. The highest BCUT2D eigenvalue weighted by Crippen LogP contribution is 2.23. The van der Waals surface area contributed by atoms with E-state index in [1.807, 2.05) is 12.1 Å². The summed E-state index contributed by atoms with van der Waals surface area (Å²) in [5.74, 6) is -0.979. The third-order valence-electron chi connectivity index (χ3n) is 3.13. The van der Waals surface area contributed by atoms with Gasteiger partial charge < -0.3 is 5.73 Å². The minimum atomic E-state index is -3.54. The second kappa shape index (κ2) is 5.33. The molecule has 2 N–H and O–H groups in total. The molecule has 1 aromatic carbocycles. The van der Waals surface area contributed by atoms with Crippen LogP contribution >= 0.6 is 0 Å². The van der Waals surface area contributed by atoms with Crippen molar-refractivity contribution in [1.82, 2.24) is 0 Å². The molecule has 4 nitrogen and oxygen atoms in total. The first-order valence-electron chi connectivity index (χ1n) is 6.14. The molecule has 0 saturated heterocycles.